The van der Waals surface area contributed by atoms with Crippen LogP contribution in [0, 0.1) is 11.3 Å². The molecular formula is C33H41F3N6. The first-order valence-electron chi connectivity index (χ1n) is 14.8. The number of piperidine rings is 1. The van der Waals surface area contributed by atoms with Crippen LogP contribution in [0.5, 0.6) is 0 Å². The highest BCUT2D eigenvalue weighted by Crippen LogP contribution is 2.50. The number of likely N-dealkylation sites (tertiary alicyclic amines) is 1. The molecule has 3 N–H and O–H groups in total. The lowest BCUT2D eigenvalue weighted by Crippen LogP contribution is -2.51. The minimum absolute atomic E-state index is 0.0730. The summed E-state index contributed by atoms with van der Waals surface area (Å²) in [5.41, 5.74) is 4.72. The Kier molecular flexibility index (Phi) is 8.58. The predicted molar refractivity (Wildman–Crippen MR) is 162 cm³/mol. The van der Waals surface area contributed by atoms with E-state index in [0.717, 1.165) is 68.7 Å². The van der Waals surface area contributed by atoms with E-state index in [1.165, 1.54) is 12.3 Å². The molecule has 2 aromatic rings. The van der Waals surface area contributed by atoms with Gasteiger partial charge < -0.3 is 25.8 Å². The molecule has 5 rings (SSSR count). The van der Waals surface area contributed by atoms with E-state index in [4.69, 9.17) is 0 Å². The Morgan fingerprint density at radius 1 is 1.21 bits per heavy atom. The van der Waals surface area contributed by atoms with Crippen LogP contribution in [-0.2, 0) is 24.6 Å². The van der Waals surface area contributed by atoms with Crippen LogP contribution in [0.25, 0.3) is 0 Å². The number of benzene rings is 2. The van der Waals surface area contributed by atoms with Crippen LogP contribution in [0.3, 0.4) is 0 Å². The third-order valence-corrected chi connectivity index (χ3v) is 9.59. The number of fused-ring (bicyclic) bond motifs is 2. The average Bonchev–Trinajstić information content (AvgIpc) is 3.21. The molecule has 1 saturated carbocycles. The van der Waals surface area contributed by atoms with Crippen molar-refractivity contribution in [2.45, 2.75) is 68.7 Å². The number of nitriles is 1. The topological polar surface area (TPSA) is 66.4 Å². The summed E-state index contributed by atoms with van der Waals surface area (Å²) in [6, 6.07) is 11.7. The predicted octanol–water partition coefficient (Wildman–Crippen LogP) is 5.90. The molecule has 3 aliphatic rings. The maximum atomic E-state index is 14.4. The summed E-state index contributed by atoms with van der Waals surface area (Å²) < 4.78 is 43.3. The lowest BCUT2D eigenvalue weighted by atomic mass is 9.72. The fourth-order valence-electron chi connectivity index (χ4n) is 6.98. The zero-order valence-corrected chi connectivity index (χ0v) is 24.6. The van der Waals surface area contributed by atoms with E-state index in [1.54, 1.807) is 7.05 Å². The lowest BCUT2D eigenvalue weighted by Gasteiger charge is -2.43. The minimum atomic E-state index is -4.45. The smallest absolute Gasteiger partial charge is 0.387 e. The van der Waals surface area contributed by atoms with Crippen LogP contribution in [0.15, 0.2) is 55.4 Å². The summed E-state index contributed by atoms with van der Waals surface area (Å²) in [7, 11) is 3.68. The molecule has 1 spiro atoms. The monoisotopic (exact) mass is 578 g/mol. The third-order valence-electron chi connectivity index (χ3n) is 9.59. The van der Waals surface area contributed by atoms with Crippen molar-refractivity contribution in [1.29, 1.82) is 5.26 Å². The van der Waals surface area contributed by atoms with Crippen LogP contribution in [0.4, 0.5) is 24.5 Å². The second kappa shape index (κ2) is 12.0. The van der Waals surface area contributed by atoms with Gasteiger partial charge in [0.1, 0.15) is 0 Å². The Balaban J connectivity index is 1.27. The molecule has 0 unspecified atom stereocenters. The number of alkyl halides is 3. The highest BCUT2D eigenvalue weighted by molar-refractivity contribution is 5.69. The number of allylic oxidation sites excluding steroid dienone is 1. The Morgan fingerprint density at radius 3 is 2.60 bits per heavy atom. The van der Waals surface area contributed by atoms with E-state index in [1.807, 2.05) is 36.2 Å². The van der Waals surface area contributed by atoms with Gasteiger partial charge in [-0.05, 0) is 112 Å². The normalized spacial score (nSPS) is 21.3. The van der Waals surface area contributed by atoms with Gasteiger partial charge in [-0.25, -0.2) is 0 Å². The van der Waals surface area contributed by atoms with Crippen molar-refractivity contribution in [3.8, 4) is 6.07 Å². The average molecular weight is 579 g/mol. The zero-order valence-electron chi connectivity index (χ0n) is 24.6. The van der Waals surface area contributed by atoms with E-state index in [9.17, 15) is 18.4 Å². The SMILES string of the molecule is C=CNCc1cc(CCCN2CCC3(CC2)C(=C)Nc2ccc(C#N)cc23)cc(C(F)(F)F)c1N(C)C1CC(NC)C1. The van der Waals surface area contributed by atoms with Gasteiger partial charge in [0.15, 0.2) is 0 Å². The quantitative estimate of drug-likeness (QED) is 0.326. The van der Waals surface area contributed by atoms with E-state index in [2.05, 4.69) is 40.1 Å². The third kappa shape index (κ3) is 5.75. The molecule has 1 aliphatic carbocycles. The number of nitrogens with one attached hydrogen (secondary N) is 3. The van der Waals surface area contributed by atoms with E-state index >= 15 is 0 Å². The van der Waals surface area contributed by atoms with Crippen LogP contribution >= 0.6 is 0 Å². The first-order chi connectivity index (χ1) is 20.1. The number of aryl methyl sites for hydroxylation is 1. The summed E-state index contributed by atoms with van der Waals surface area (Å²) in [4.78, 5) is 4.22. The van der Waals surface area contributed by atoms with Crippen molar-refractivity contribution in [1.82, 2.24) is 15.5 Å². The van der Waals surface area contributed by atoms with Gasteiger partial charge in [-0.1, -0.05) is 19.2 Å². The second-order valence-corrected chi connectivity index (χ2v) is 12.0. The van der Waals surface area contributed by atoms with E-state index in [0.29, 0.717) is 35.7 Å². The van der Waals surface area contributed by atoms with Crippen LogP contribution in [0.2, 0.25) is 0 Å². The summed E-state index contributed by atoms with van der Waals surface area (Å²) in [6.07, 6.45) is 1.87. The van der Waals surface area contributed by atoms with Gasteiger partial charge in [0, 0.05) is 42.5 Å². The molecule has 2 aromatic carbocycles. The van der Waals surface area contributed by atoms with Gasteiger partial charge in [0.2, 0.25) is 0 Å². The van der Waals surface area contributed by atoms with Crippen molar-refractivity contribution < 1.29 is 13.2 Å². The molecule has 0 bridgehead atoms. The van der Waals surface area contributed by atoms with Gasteiger partial charge in [-0.3, -0.25) is 0 Å². The maximum Gasteiger partial charge on any atom is 0.418 e. The first kappa shape index (κ1) is 30.0. The largest absolute Gasteiger partial charge is 0.418 e. The molecule has 0 atom stereocenters. The maximum absolute atomic E-state index is 14.4. The second-order valence-electron chi connectivity index (χ2n) is 12.0. The molecule has 224 valence electrons. The summed E-state index contributed by atoms with van der Waals surface area (Å²) >= 11 is 0. The molecule has 2 aliphatic heterocycles. The Bertz CT molecular complexity index is 1360. The summed E-state index contributed by atoms with van der Waals surface area (Å²) in [5, 5.41) is 19.1. The van der Waals surface area contributed by atoms with Crippen molar-refractivity contribution in [3.05, 3.63) is 83.2 Å². The van der Waals surface area contributed by atoms with Crippen molar-refractivity contribution in [3.63, 3.8) is 0 Å². The molecule has 2 heterocycles. The number of hydrogen-bond acceptors (Lipinski definition) is 6. The summed E-state index contributed by atoms with van der Waals surface area (Å²) in [6.45, 7) is 10.9. The van der Waals surface area contributed by atoms with Crippen LogP contribution < -0.4 is 20.9 Å². The highest BCUT2D eigenvalue weighted by Gasteiger charge is 2.44. The molecule has 6 nitrogen and oxygen atoms in total. The van der Waals surface area contributed by atoms with Gasteiger partial charge >= 0.3 is 6.18 Å². The first-order valence-corrected chi connectivity index (χ1v) is 14.8. The molecule has 42 heavy (non-hydrogen) atoms. The molecular weight excluding hydrogens is 537 g/mol. The molecule has 9 heteroatoms. The number of anilines is 2. The minimum Gasteiger partial charge on any atom is -0.387 e. The van der Waals surface area contributed by atoms with Gasteiger partial charge in [0.05, 0.1) is 22.9 Å². The Morgan fingerprint density at radius 2 is 1.95 bits per heavy atom. The number of rotatable bonds is 10. The number of halogens is 3. The lowest BCUT2D eigenvalue weighted by molar-refractivity contribution is -0.137. The fourth-order valence-corrected chi connectivity index (χ4v) is 6.98. The van der Waals surface area contributed by atoms with Crippen molar-refractivity contribution in [2.24, 2.45) is 0 Å². The Labute approximate surface area is 247 Å². The standard InChI is InChI=1S/C33H41F3N6/c1-5-39-21-25-15-23(16-29(33(34,35)36)31(25)41(4)27-18-26(19-27)38-3)7-6-12-42-13-10-32(11-14-42)22(2)40-30-9-8-24(20-37)17-28(30)32/h5,8-9,15-17,26-27,38-40H,1-2,6-7,10-14,18-19,21H2,3-4H3. The van der Waals surface area contributed by atoms with Gasteiger partial charge in [-0.2, -0.15) is 18.4 Å². The zero-order chi connectivity index (χ0) is 30.1. The van der Waals surface area contributed by atoms with E-state index in [-0.39, 0.29) is 17.1 Å². The molecule has 0 amide bonds. The highest BCUT2D eigenvalue weighted by atomic mass is 19.4. The van der Waals surface area contributed by atoms with Crippen molar-refractivity contribution >= 4 is 11.4 Å². The van der Waals surface area contributed by atoms with Gasteiger partial charge in [0.25, 0.3) is 0 Å². The molecule has 0 aromatic heterocycles. The van der Waals surface area contributed by atoms with Crippen molar-refractivity contribution in [2.75, 3.05) is 43.9 Å². The molecule has 1 saturated heterocycles. The fraction of sp³-hybridized carbons (Fsp3) is 0.485. The molecule has 0 radical (unpaired) electrons. The Hall–Kier alpha value is -3.48. The van der Waals surface area contributed by atoms with E-state index < -0.39 is 11.7 Å². The van der Waals surface area contributed by atoms with Crippen LogP contribution in [-0.4, -0.2) is 50.7 Å². The number of hydrogen-bond donors (Lipinski definition) is 3. The molecule has 2 fully saturated rings. The van der Waals surface area contributed by atoms with Gasteiger partial charge in [-0.15, -0.1) is 0 Å². The van der Waals surface area contributed by atoms with Crippen LogP contribution in [0.1, 0.15) is 59.9 Å². The summed E-state index contributed by atoms with van der Waals surface area (Å²) in [5.74, 6) is 0. The number of nitrogens with zero attached hydrogens (tertiary/aromatic N) is 3.